The van der Waals surface area contributed by atoms with Crippen LogP contribution in [0.4, 0.5) is 4.39 Å². The van der Waals surface area contributed by atoms with E-state index < -0.39 is 0 Å². The lowest BCUT2D eigenvalue weighted by Gasteiger charge is -2.18. The summed E-state index contributed by atoms with van der Waals surface area (Å²) in [7, 11) is 1.91. The molecule has 0 spiro atoms. The molecule has 0 aliphatic heterocycles. The molecule has 0 saturated carbocycles. The fourth-order valence-electron chi connectivity index (χ4n) is 2.48. The molecular weight excluding hydrogens is 333 g/mol. The van der Waals surface area contributed by atoms with Gasteiger partial charge >= 0.3 is 0 Å². The van der Waals surface area contributed by atoms with E-state index in [0.29, 0.717) is 6.42 Å². The summed E-state index contributed by atoms with van der Waals surface area (Å²) in [6, 6.07) is 5.31. The van der Waals surface area contributed by atoms with Gasteiger partial charge in [-0.2, -0.15) is 5.10 Å². The Morgan fingerprint density at radius 3 is 2.76 bits per heavy atom. The Morgan fingerprint density at radius 2 is 2.19 bits per heavy atom. The third kappa shape index (κ3) is 4.14. The van der Waals surface area contributed by atoms with Gasteiger partial charge in [0.15, 0.2) is 0 Å². The summed E-state index contributed by atoms with van der Waals surface area (Å²) in [6.07, 6.45) is 3.67. The summed E-state index contributed by atoms with van der Waals surface area (Å²) in [6.45, 7) is 5.02. The van der Waals surface area contributed by atoms with Gasteiger partial charge in [0.1, 0.15) is 5.82 Å². The van der Waals surface area contributed by atoms with E-state index in [2.05, 4.69) is 33.3 Å². The van der Waals surface area contributed by atoms with E-state index in [0.717, 1.165) is 34.3 Å². The Bertz CT molecular complexity index is 610. The van der Waals surface area contributed by atoms with Crippen molar-refractivity contribution in [1.29, 1.82) is 0 Å². The van der Waals surface area contributed by atoms with Crippen LogP contribution >= 0.6 is 15.9 Å². The van der Waals surface area contributed by atoms with Gasteiger partial charge < -0.3 is 5.32 Å². The summed E-state index contributed by atoms with van der Waals surface area (Å²) in [4.78, 5) is 0. The zero-order valence-electron chi connectivity index (χ0n) is 12.7. The standard InChI is InChI=1S/C16H21BrFN3/c1-4-7-19-16(14-10-21(3)20-11(14)2)8-12-5-6-13(17)9-15(12)18/h5-6,9-10,16,19H,4,7-8H2,1-3H3. The molecule has 1 atom stereocenters. The largest absolute Gasteiger partial charge is 0.310 e. The quantitative estimate of drug-likeness (QED) is 0.852. The van der Waals surface area contributed by atoms with Gasteiger partial charge in [-0.3, -0.25) is 4.68 Å². The first kappa shape index (κ1) is 16.2. The van der Waals surface area contributed by atoms with Crippen molar-refractivity contribution >= 4 is 15.9 Å². The molecule has 0 bridgehead atoms. The topological polar surface area (TPSA) is 29.9 Å². The maximum Gasteiger partial charge on any atom is 0.127 e. The highest BCUT2D eigenvalue weighted by Crippen LogP contribution is 2.24. The van der Waals surface area contributed by atoms with Crippen molar-refractivity contribution in [1.82, 2.24) is 15.1 Å². The molecule has 1 unspecified atom stereocenters. The Labute approximate surface area is 133 Å². The molecule has 0 aliphatic carbocycles. The van der Waals surface area contributed by atoms with Crippen LogP contribution in [0.3, 0.4) is 0 Å². The van der Waals surface area contributed by atoms with Crippen LogP contribution in [0.2, 0.25) is 0 Å². The van der Waals surface area contributed by atoms with Crippen molar-refractivity contribution in [2.24, 2.45) is 7.05 Å². The van der Waals surface area contributed by atoms with E-state index >= 15 is 0 Å². The zero-order valence-corrected chi connectivity index (χ0v) is 14.2. The molecule has 0 fully saturated rings. The molecule has 2 rings (SSSR count). The lowest BCUT2D eigenvalue weighted by atomic mass is 9.99. The molecule has 0 radical (unpaired) electrons. The SMILES string of the molecule is CCCNC(Cc1ccc(Br)cc1F)c1cn(C)nc1C. The van der Waals surface area contributed by atoms with Crippen LogP contribution in [0.1, 0.15) is 36.2 Å². The Hall–Kier alpha value is -1.20. The molecule has 114 valence electrons. The van der Waals surface area contributed by atoms with Crippen LogP contribution in [0.25, 0.3) is 0 Å². The maximum atomic E-state index is 14.1. The second-order valence-corrected chi connectivity index (χ2v) is 6.21. The van der Waals surface area contributed by atoms with Crippen LogP contribution in [0.15, 0.2) is 28.9 Å². The van der Waals surface area contributed by atoms with E-state index in [4.69, 9.17) is 0 Å². The van der Waals surface area contributed by atoms with Gasteiger partial charge in [-0.15, -0.1) is 0 Å². The molecule has 3 nitrogen and oxygen atoms in total. The Balaban J connectivity index is 2.26. The van der Waals surface area contributed by atoms with Crippen molar-refractivity contribution < 1.29 is 4.39 Å². The van der Waals surface area contributed by atoms with Crippen LogP contribution in [0, 0.1) is 12.7 Å². The molecule has 5 heteroatoms. The molecule has 1 aromatic heterocycles. The molecule has 1 N–H and O–H groups in total. The average Bonchev–Trinajstić information content (AvgIpc) is 2.76. The van der Waals surface area contributed by atoms with Crippen LogP contribution in [-0.4, -0.2) is 16.3 Å². The first-order chi connectivity index (χ1) is 10.0. The molecule has 21 heavy (non-hydrogen) atoms. The number of nitrogens with one attached hydrogen (secondary N) is 1. The fourth-order valence-corrected chi connectivity index (χ4v) is 2.81. The summed E-state index contributed by atoms with van der Waals surface area (Å²) in [5.41, 5.74) is 2.84. The minimum atomic E-state index is -0.172. The highest BCUT2D eigenvalue weighted by Gasteiger charge is 2.18. The third-order valence-corrected chi connectivity index (χ3v) is 4.00. The van der Waals surface area contributed by atoms with Gasteiger partial charge in [0.2, 0.25) is 0 Å². The second kappa shape index (κ2) is 7.18. The van der Waals surface area contributed by atoms with Crippen LogP contribution in [0.5, 0.6) is 0 Å². The summed E-state index contributed by atoms with van der Waals surface area (Å²) in [5, 5.41) is 7.89. The molecule has 1 aromatic carbocycles. The Morgan fingerprint density at radius 1 is 1.43 bits per heavy atom. The predicted octanol–water partition coefficient (Wildman–Crippen LogP) is 3.91. The highest BCUT2D eigenvalue weighted by atomic mass is 79.9. The smallest absolute Gasteiger partial charge is 0.127 e. The van der Waals surface area contributed by atoms with Gasteiger partial charge in [-0.25, -0.2) is 4.39 Å². The number of halogens is 2. The van der Waals surface area contributed by atoms with Crippen LogP contribution < -0.4 is 5.32 Å². The molecule has 0 aliphatic rings. The summed E-state index contributed by atoms with van der Waals surface area (Å²) in [5.74, 6) is -0.172. The number of aromatic nitrogens is 2. The number of benzene rings is 1. The molecule has 2 aromatic rings. The van der Waals surface area contributed by atoms with E-state index in [-0.39, 0.29) is 11.9 Å². The monoisotopic (exact) mass is 353 g/mol. The van der Waals surface area contributed by atoms with Gasteiger partial charge in [-0.1, -0.05) is 28.9 Å². The molecule has 0 saturated heterocycles. The van der Waals surface area contributed by atoms with Crippen LogP contribution in [-0.2, 0) is 13.5 Å². The van der Waals surface area contributed by atoms with Crippen molar-refractivity contribution in [3.63, 3.8) is 0 Å². The fraction of sp³-hybridized carbons (Fsp3) is 0.438. The number of nitrogens with zero attached hydrogens (tertiary/aromatic N) is 2. The van der Waals surface area contributed by atoms with Gasteiger partial charge in [0, 0.05) is 29.3 Å². The predicted molar refractivity (Wildman–Crippen MR) is 86.8 cm³/mol. The normalized spacial score (nSPS) is 12.6. The molecular formula is C16H21BrFN3. The first-order valence-electron chi connectivity index (χ1n) is 7.18. The minimum Gasteiger partial charge on any atom is -0.310 e. The molecule has 0 amide bonds. The van der Waals surface area contributed by atoms with Crippen molar-refractivity contribution in [2.45, 2.75) is 32.7 Å². The number of aryl methyl sites for hydroxylation is 2. The number of rotatable bonds is 6. The minimum absolute atomic E-state index is 0.0781. The highest BCUT2D eigenvalue weighted by molar-refractivity contribution is 9.10. The lowest BCUT2D eigenvalue weighted by Crippen LogP contribution is -2.24. The van der Waals surface area contributed by atoms with E-state index in [1.807, 2.05) is 37.0 Å². The van der Waals surface area contributed by atoms with E-state index in [9.17, 15) is 4.39 Å². The first-order valence-corrected chi connectivity index (χ1v) is 7.98. The third-order valence-electron chi connectivity index (χ3n) is 3.51. The number of hydrogen-bond acceptors (Lipinski definition) is 2. The van der Waals surface area contributed by atoms with E-state index in [1.54, 1.807) is 0 Å². The van der Waals surface area contributed by atoms with E-state index in [1.165, 1.54) is 6.07 Å². The lowest BCUT2D eigenvalue weighted by molar-refractivity contribution is 0.511. The van der Waals surface area contributed by atoms with Crippen molar-refractivity contribution in [3.8, 4) is 0 Å². The van der Waals surface area contributed by atoms with Crippen molar-refractivity contribution in [3.05, 3.63) is 51.5 Å². The van der Waals surface area contributed by atoms with Gasteiger partial charge in [-0.05, 0) is 44.0 Å². The summed E-state index contributed by atoms with van der Waals surface area (Å²) >= 11 is 3.30. The number of hydrogen-bond donors (Lipinski definition) is 1. The van der Waals surface area contributed by atoms with Crippen molar-refractivity contribution in [2.75, 3.05) is 6.54 Å². The zero-order chi connectivity index (χ0) is 15.4. The average molecular weight is 354 g/mol. The maximum absolute atomic E-state index is 14.1. The van der Waals surface area contributed by atoms with Gasteiger partial charge in [0.05, 0.1) is 5.69 Å². The summed E-state index contributed by atoms with van der Waals surface area (Å²) < 4.78 is 16.6. The van der Waals surface area contributed by atoms with Gasteiger partial charge in [0.25, 0.3) is 0 Å². The molecule has 1 heterocycles. The second-order valence-electron chi connectivity index (χ2n) is 5.29. The Kier molecular flexibility index (Phi) is 5.53.